The second-order valence-corrected chi connectivity index (χ2v) is 7.62. The van der Waals surface area contributed by atoms with Crippen LogP contribution in [0.1, 0.15) is 33.6 Å². The molecule has 0 bridgehead atoms. The molecule has 2 nitrogen and oxygen atoms in total. The van der Waals surface area contributed by atoms with Crippen LogP contribution in [0.5, 0.6) is 0 Å². The van der Waals surface area contributed by atoms with Crippen molar-refractivity contribution in [1.29, 1.82) is 0 Å². The molecule has 0 aromatic carbocycles. The van der Waals surface area contributed by atoms with Gasteiger partial charge in [0, 0.05) is 37.0 Å². The first kappa shape index (κ1) is 12.7. The number of rotatable bonds is 3. The van der Waals surface area contributed by atoms with Crippen LogP contribution < -0.4 is 5.32 Å². The van der Waals surface area contributed by atoms with E-state index in [4.69, 9.17) is 0 Å². The van der Waals surface area contributed by atoms with E-state index in [9.17, 15) is 0 Å². The van der Waals surface area contributed by atoms with Gasteiger partial charge < -0.3 is 5.32 Å². The van der Waals surface area contributed by atoms with Gasteiger partial charge in [-0.25, -0.2) is 0 Å². The largest absolute Gasteiger partial charge is 0.311 e. The molecule has 2 heterocycles. The normalized spacial score (nSPS) is 37.1. The molecule has 3 heteroatoms. The molecule has 0 amide bonds. The van der Waals surface area contributed by atoms with Crippen LogP contribution in [0.3, 0.4) is 0 Å². The van der Waals surface area contributed by atoms with Crippen molar-refractivity contribution in [3.63, 3.8) is 0 Å². The van der Waals surface area contributed by atoms with Crippen molar-refractivity contribution in [2.45, 2.75) is 44.4 Å². The van der Waals surface area contributed by atoms with Crippen LogP contribution >= 0.6 is 11.8 Å². The fourth-order valence-electron chi connectivity index (χ4n) is 2.87. The predicted molar refractivity (Wildman–Crippen MR) is 73.2 cm³/mol. The van der Waals surface area contributed by atoms with Gasteiger partial charge in [-0.1, -0.05) is 13.8 Å². The summed E-state index contributed by atoms with van der Waals surface area (Å²) >= 11 is 2.19. The standard InChI is InChI=1S/C13H26N2S/c1-11(2)12-9-15(7-6-14-12)10-13(3)5-4-8-16-13/h11-12,14H,4-10H2,1-3H3. The molecule has 2 rings (SSSR count). The average molecular weight is 242 g/mol. The summed E-state index contributed by atoms with van der Waals surface area (Å²) in [5.74, 6) is 2.13. The maximum atomic E-state index is 3.64. The Balaban J connectivity index is 1.85. The fourth-order valence-corrected chi connectivity index (χ4v) is 4.21. The van der Waals surface area contributed by atoms with Crippen LogP contribution in [-0.2, 0) is 0 Å². The Morgan fingerprint density at radius 1 is 1.50 bits per heavy atom. The first-order valence-corrected chi connectivity index (χ1v) is 7.67. The molecule has 2 saturated heterocycles. The van der Waals surface area contributed by atoms with Crippen molar-refractivity contribution in [1.82, 2.24) is 10.2 Å². The number of hydrogen-bond acceptors (Lipinski definition) is 3. The molecule has 2 aliphatic rings. The lowest BCUT2D eigenvalue weighted by Crippen LogP contribution is -2.55. The van der Waals surface area contributed by atoms with E-state index in [0.29, 0.717) is 10.8 Å². The lowest BCUT2D eigenvalue weighted by Gasteiger charge is -2.39. The predicted octanol–water partition coefficient (Wildman–Crippen LogP) is 2.20. The highest BCUT2D eigenvalue weighted by atomic mass is 32.2. The van der Waals surface area contributed by atoms with Gasteiger partial charge in [-0.2, -0.15) is 11.8 Å². The summed E-state index contributed by atoms with van der Waals surface area (Å²) in [4.78, 5) is 2.68. The number of hydrogen-bond donors (Lipinski definition) is 1. The van der Waals surface area contributed by atoms with Gasteiger partial charge in [0.1, 0.15) is 0 Å². The van der Waals surface area contributed by atoms with Gasteiger partial charge in [-0.3, -0.25) is 4.90 Å². The van der Waals surface area contributed by atoms with Crippen LogP contribution in [0.15, 0.2) is 0 Å². The van der Waals surface area contributed by atoms with Crippen LogP contribution in [0.4, 0.5) is 0 Å². The van der Waals surface area contributed by atoms with Crippen LogP contribution in [0, 0.1) is 5.92 Å². The lowest BCUT2D eigenvalue weighted by atomic mass is 9.99. The zero-order chi connectivity index (χ0) is 11.6. The molecule has 0 spiro atoms. The smallest absolute Gasteiger partial charge is 0.0259 e. The van der Waals surface area contributed by atoms with E-state index >= 15 is 0 Å². The molecule has 0 saturated carbocycles. The Labute approximate surface area is 105 Å². The number of thioether (sulfide) groups is 1. The highest BCUT2D eigenvalue weighted by molar-refractivity contribution is 8.00. The van der Waals surface area contributed by atoms with E-state index in [-0.39, 0.29) is 0 Å². The third kappa shape index (κ3) is 3.14. The van der Waals surface area contributed by atoms with E-state index in [1.54, 1.807) is 0 Å². The van der Waals surface area contributed by atoms with E-state index in [1.807, 2.05) is 0 Å². The van der Waals surface area contributed by atoms with Crippen LogP contribution in [-0.4, -0.2) is 47.6 Å². The fraction of sp³-hybridized carbons (Fsp3) is 1.00. The Morgan fingerprint density at radius 2 is 2.31 bits per heavy atom. The average Bonchev–Trinajstić information content (AvgIpc) is 2.65. The van der Waals surface area contributed by atoms with Crippen LogP contribution in [0.25, 0.3) is 0 Å². The zero-order valence-corrected chi connectivity index (χ0v) is 11.8. The van der Waals surface area contributed by atoms with Gasteiger partial charge in [0.25, 0.3) is 0 Å². The second kappa shape index (κ2) is 5.28. The number of piperazine rings is 1. The molecular weight excluding hydrogens is 216 g/mol. The Bertz CT molecular complexity index is 224. The topological polar surface area (TPSA) is 15.3 Å². The summed E-state index contributed by atoms with van der Waals surface area (Å²) in [6.45, 7) is 12.1. The van der Waals surface area contributed by atoms with Crippen LogP contribution in [0.2, 0.25) is 0 Å². The summed E-state index contributed by atoms with van der Waals surface area (Å²) in [6, 6.07) is 0.698. The van der Waals surface area contributed by atoms with Crippen molar-refractivity contribution >= 4 is 11.8 Å². The second-order valence-electron chi connectivity index (χ2n) is 5.94. The highest BCUT2D eigenvalue weighted by Crippen LogP contribution is 2.38. The summed E-state index contributed by atoms with van der Waals surface area (Å²) in [5, 5.41) is 3.64. The minimum Gasteiger partial charge on any atom is -0.311 e. The Hall–Kier alpha value is 0.270. The molecule has 16 heavy (non-hydrogen) atoms. The number of nitrogens with zero attached hydrogens (tertiary/aromatic N) is 1. The Morgan fingerprint density at radius 3 is 2.94 bits per heavy atom. The zero-order valence-electron chi connectivity index (χ0n) is 11.0. The maximum Gasteiger partial charge on any atom is 0.0259 e. The van der Waals surface area contributed by atoms with E-state index in [1.165, 1.54) is 44.8 Å². The third-order valence-corrected chi connectivity index (χ3v) is 5.48. The Kier molecular flexibility index (Phi) is 4.20. The maximum absolute atomic E-state index is 3.64. The van der Waals surface area contributed by atoms with Gasteiger partial charge in [-0.05, 0) is 31.4 Å². The first-order chi connectivity index (χ1) is 7.59. The molecule has 2 aliphatic heterocycles. The van der Waals surface area contributed by atoms with Gasteiger partial charge in [0.15, 0.2) is 0 Å². The van der Waals surface area contributed by atoms with Crippen molar-refractivity contribution in [2.75, 3.05) is 31.9 Å². The third-order valence-electron chi connectivity index (χ3n) is 3.95. The van der Waals surface area contributed by atoms with Crippen molar-refractivity contribution in [2.24, 2.45) is 5.92 Å². The van der Waals surface area contributed by atoms with Gasteiger partial charge >= 0.3 is 0 Å². The van der Waals surface area contributed by atoms with Crippen molar-refractivity contribution in [3.05, 3.63) is 0 Å². The molecule has 2 unspecified atom stereocenters. The quantitative estimate of drug-likeness (QED) is 0.817. The summed E-state index contributed by atoms with van der Waals surface area (Å²) in [7, 11) is 0. The number of nitrogens with one attached hydrogen (secondary N) is 1. The van der Waals surface area contributed by atoms with Gasteiger partial charge in [-0.15, -0.1) is 0 Å². The summed E-state index contributed by atoms with van der Waals surface area (Å²) < 4.78 is 0.541. The SMILES string of the molecule is CC(C)C1CN(CC2(C)CCCS2)CCN1. The minimum absolute atomic E-state index is 0.541. The monoisotopic (exact) mass is 242 g/mol. The van der Waals surface area contributed by atoms with Crippen molar-refractivity contribution in [3.8, 4) is 0 Å². The van der Waals surface area contributed by atoms with Gasteiger partial charge in [0.05, 0.1) is 0 Å². The molecule has 0 aromatic heterocycles. The summed E-state index contributed by atoms with van der Waals surface area (Å²) in [6.07, 6.45) is 2.83. The first-order valence-electron chi connectivity index (χ1n) is 6.69. The van der Waals surface area contributed by atoms with Crippen molar-refractivity contribution < 1.29 is 0 Å². The summed E-state index contributed by atoms with van der Waals surface area (Å²) in [5.41, 5.74) is 0. The molecule has 0 aliphatic carbocycles. The molecule has 1 N–H and O–H groups in total. The molecule has 2 fully saturated rings. The van der Waals surface area contributed by atoms with Gasteiger partial charge in [0.2, 0.25) is 0 Å². The molecular formula is C13H26N2S. The molecule has 0 aromatic rings. The molecule has 94 valence electrons. The molecule has 0 radical (unpaired) electrons. The van der Waals surface area contributed by atoms with E-state index in [0.717, 1.165) is 5.92 Å². The lowest BCUT2D eigenvalue weighted by molar-refractivity contribution is 0.163. The van der Waals surface area contributed by atoms with E-state index in [2.05, 4.69) is 42.7 Å². The molecule has 2 atom stereocenters. The minimum atomic E-state index is 0.541. The van der Waals surface area contributed by atoms with E-state index < -0.39 is 0 Å². The highest BCUT2D eigenvalue weighted by Gasteiger charge is 2.33.